The average Bonchev–Trinajstić information content (AvgIpc) is 2.20. The van der Waals surface area contributed by atoms with Crippen LogP contribution in [0.1, 0.15) is 33.6 Å². The van der Waals surface area contributed by atoms with Crippen LogP contribution in [0, 0.1) is 0 Å². The second-order valence-electron chi connectivity index (χ2n) is 4.44. The average molecular weight is 240 g/mol. The van der Waals surface area contributed by atoms with E-state index < -0.39 is 5.60 Å². The van der Waals surface area contributed by atoms with Crippen LogP contribution in [0.25, 0.3) is 0 Å². The van der Waals surface area contributed by atoms with Gasteiger partial charge in [0.1, 0.15) is 5.60 Å². The van der Waals surface area contributed by atoms with Crippen molar-refractivity contribution in [3.8, 4) is 0 Å². The third-order valence-electron chi connectivity index (χ3n) is 1.62. The lowest BCUT2D eigenvalue weighted by molar-refractivity contribution is -0.148. The highest BCUT2D eigenvalue weighted by Gasteiger charge is 2.13. The summed E-state index contributed by atoms with van der Waals surface area (Å²) >= 11 is 0. The summed E-state index contributed by atoms with van der Waals surface area (Å²) in [7, 11) is 1.33. The van der Waals surface area contributed by atoms with Crippen LogP contribution in [0.5, 0.6) is 0 Å². The lowest BCUT2D eigenvalue weighted by Gasteiger charge is -2.17. The molecule has 0 aliphatic rings. The predicted molar refractivity (Wildman–Crippen MR) is 65.4 cm³/mol. The fourth-order valence-electron chi connectivity index (χ4n) is 0.955. The summed E-state index contributed by atoms with van der Waals surface area (Å²) in [5.74, 6) is -0.726. The SMILES string of the molecule is COC(=O)/C=C/CC/C=C/C(=O)OC(C)(C)C. The Morgan fingerprint density at radius 1 is 1.00 bits per heavy atom. The van der Waals surface area contributed by atoms with E-state index in [4.69, 9.17) is 4.74 Å². The molecule has 0 heterocycles. The molecule has 96 valence electrons. The van der Waals surface area contributed by atoms with Crippen LogP contribution in [0.2, 0.25) is 0 Å². The Hall–Kier alpha value is -1.58. The zero-order valence-electron chi connectivity index (χ0n) is 10.9. The van der Waals surface area contributed by atoms with Gasteiger partial charge >= 0.3 is 11.9 Å². The van der Waals surface area contributed by atoms with Crippen molar-refractivity contribution >= 4 is 11.9 Å². The van der Waals surface area contributed by atoms with E-state index >= 15 is 0 Å². The zero-order chi connectivity index (χ0) is 13.3. The second kappa shape index (κ2) is 7.65. The van der Waals surface area contributed by atoms with Crippen molar-refractivity contribution < 1.29 is 19.1 Å². The maximum atomic E-state index is 11.2. The van der Waals surface area contributed by atoms with E-state index in [9.17, 15) is 9.59 Å². The summed E-state index contributed by atoms with van der Waals surface area (Å²) in [6.07, 6.45) is 7.53. The normalized spacial score (nSPS) is 12.0. The van der Waals surface area contributed by atoms with Gasteiger partial charge in [-0.3, -0.25) is 0 Å². The number of carbonyl (C=O) groups excluding carboxylic acids is 2. The number of allylic oxidation sites excluding steroid dienone is 2. The van der Waals surface area contributed by atoms with Crippen LogP contribution < -0.4 is 0 Å². The van der Waals surface area contributed by atoms with Gasteiger partial charge in [-0.25, -0.2) is 9.59 Å². The number of methoxy groups -OCH3 is 1. The summed E-state index contributed by atoms with van der Waals surface area (Å²) in [5.41, 5.74) is -0.466. The van der Waals surface area contributed by atoms with Gasteiger partial charge in [-0.15, -0.1) is 0 Å². The molecular formula is C13H20O4. The third kappa shape index (κ3) is 10.7. The highest BCUT2D eigenvalue weighted by molar-refractivity contribution is 5.82. The first kappa shape index (κ1) is 15.4. The minimum absolute atomic E-state index is 0.352. The van der Waals surface area contributed by atoms with Crippen LogP contribution in [-0.2, 0) is 19.1 Å². The predicted octanol–water partition coefficient (Wildman–Crippen LogP) is 2.39. The molecule has 0 aromatic rings. The van der Waals surface area contributed by atoms with Crippen molar-refractivity contribution in [2.24, 2.45) is 0 Å². The molecule has 0 radical (unpaired) electrons. The Morgan fingerprint density at radius 2 is 1.47 bits per heavy atom. The molecule has 0 atom stereocenters. The maximum Gasteiger partial charge on any atom is 0.330 e. The van der Waals surface area contributed by atoms with Crippen molar-refractivity contribution in [1.82, 2.24) is 0 Å². The van der Waals surface area contributed by atoms with Crippen molar-refractivity contribution in [3.63, 3.8) is 0 Å². The number of ether oxygens (including phenoxy) is 2. The number of unbranched alkanes of at least 4 members (excludes halogenated alkanes) is 1. The molecule has 0 fully saturated rings. The Bertz CT molecular complexity index is 308. The molecule has 0 N–H and O–H groups in total. The summed E-state index contributed by atoms with van der Waals surface area (Å²) in [6.45, 7) is 5.45. The van der Waals surface area contributed by atoms with Crippen LogP contribution in [0.15, 0.2) is 24.3 Å². The zero-order valence-corrected chi connectivity index (χ0v) is 10.9. The first-order valence-electron chi connectivity index (χ1n) is 5.49. The molecule has 0 aliphatic heterocycles. The van der Waals surface area contributed by atoms with Gasteiger partial charge in [0.15, 0.2) is 0 Å². The highest BCUT2D eigenvalue weighted by Crippen LogP contribution is 2.07. The van der Waals surface area contributed by atoms with Crippen LogP contribution in [-0.4, -0.2) is 24.6 Å². The molecule has 0 aromatic heterocycles. The van der Waals surface area contributed by atoms with E-state index in [-0.39, 0.29) is 11.9 Å². The molecule has 0 aliphatic carbocycles. The quantitative estimate of drug-likeness (QED) is 0.420. The first-order chi connectivity index (χ1) is 7.85. The van der Waals surface area contributed by atoms with E-state index in [1.807, 2.05) is 20.8 Å². The van der Waals surface area contributed by atoms with Crippen molar-refractivity contribution in [2.45, 2.75) is 39.2 Å². The van der Waals surface area contributed by atoms with Gasteiger partial charge in [0.25, 0.3) is 0 Å². The molecular weight excluding hydrogens is 220 g/mol. The molecule has 0 saturated carbocycles. The fraction of sp³-hybridized carbons (Fsp3) is 0.538. The largest absolute Gasteiger partial charge is 0.466 e. The van der Waals surface area contributed by atoms with Gasteiger partial charge in [-0.2, -0.15) is 0 Å². The monoisotopic (exact) mass is 240 g/mol. The van der Waals surface area contributed by atoms with Crippen LogP contribution >= 0.6 is 0 Å². The highest BCUT2D eigenvalue weighted by atomic mass is 16.6. The van der Waals surface area contributed by atoms with Crippen LogP contribution in [0.4, 0.5) is 0 Å². The molecule has 0 spiro atoms. The summed E-state index contributed by atoms with van der Waals surface area (Å²) in [6, 6.07) is 0. The van der Waals surface area contributed by atoms with Gasteiger partial charge in [-0.05, 0) is 33.6 Å². The van der Waals surface area contributed by atoms with E-state index in [1.165, 1.54) is 19.3 Å². The van der Waals surface area contributed by atoms with Crippen molar-refractivity contribution in [1.29, 1.82) is 0 Å². The Balaban J connectivity index is 3.78. The topological polar surface area (TPSA) is 52.6 Å². The number of carbonyl (C=O) groups is 2. The lowest BCUT2D eigenvalue weighted by Crippen LogP contribution is -2.22. The molecule has 0 aromatic carbocycles. The van der Waals surface area contributed by atoms with Gasteiger partial charge in [-0.1, -0.05) is 12.2 Å². The fourth-order valence-corrected chi connectivity index (χ4v) is 0.955. The molecule has 0 unspecified atom stereocenters. The standard InChI is InChI=1S/C13H20O4/c1-13(2,3)17-12(15)10-8-6-5-7-9-11(14)16-4/h7-10H,5-6H2,1-4H3/b9-7+,10-8+. The van der Waals surface area contributed by atoms with E-state index in [2.05, 4.69) is 4.74 Å². The summed E-state index contributed by atoms with van der Waals surface area (Å²) in [4.78, 5) is 22.0. The Kier molecular flexibility index (Phi) is 6.94. The minimum Gasteiger partial charge on any atom is -0.466 e. The van der Waals surface area contributed by atoms with Crippen molar-refractivity contribution in [2.75, 3.05) is 7.11 Å². The minimum atomic E-state index is -0.466. The molecule has 0 amide bonds. The Morgan fingerprint density at radius 3 is 1.88 bits per heavy atom. The summed E-state index contributed by atoms with van der Waals surface area (Å²) in [5, 5.41) is 0. The molecule has 0 saturated heterocycles. The molecule has 0 bridgehead atoms. The lowest BCUT2D eigenvalue weighted by atomic mass is 10.2. The smallest absolute Gasteiger partial charge is 0.330 e. The number of rotatable bonds is 5. The maximum absolute atomic E-state index is 11.2. The van der Waals surface area contributed by atoms with Gasteiger partial charge in [0.2, 0.25) is 0 Å². The molecule has 4 nitrogen and oxygen atoms in total. The number of hydrogen-bond donors (Lipinski definition) is 0. The van der Waals surface area contributed by atoms with E-state index in [0.717, 1.165) is 0 Å². The van der Waals surface area contributed by atoms with Gasteiger partial charge in [0.05, 0.1) is 7.11 Å². The van der Waals surface area contributed by atoms with Crippen molar-refractivity contribution in [3.05, 3.63) is 24.3 Å². The number of esters is 2. The molecule has 0 rings (SSSR count). The second-order valence-corrected chi connectivity index (χ2v) is 4.44. The molecule has 17 heavy (non-hydrogen) atoms. The van der Waals surface area contributed by atoms with Gasteiger partial charge in [0, 0.05) is 12.2 Å². The number of hydrogen-bond acceptors (Lipinski definition) is 4. The first-order valence-corrected chi connectivity index (χ1v) is 5.49. The summed E-state index contributed by atoms with van der Waals surface area (Å²) < 4.78 is 9.51. The van der Waals surface area contributed by atoms with Crippen LogP contribution in [0.3, 0.4) is 0 Å². The molecule has 4 heteroatoms. The van der Waals surface area contributed by atoms with E-state index in [1.54, 1.807) is 12.2 Å². The third-order valence-corrected chi connectivity index (χ3v) is 1.62. The van der Waals surface area contributed by atoms with Gasteiger partial charge < -0.3 is 9.47 Å². The Labute approximate surface area is 102 Å². The van der Waals surface area contributed by atoms with E-state index in [0.29, 0.717) is 12.8 Å².